The molecule has 12 heteroatoms. The minimum atomic E-state index is -4.74. The second-order valence-electron chi connectivity index (χ2n) is 5.52. The molecule has 0 unspecified atom stereocenters. The molecular formula is C14H21N2O9P. The number of aromatic nitrogens is 1. The number of aromatic hydroxyl groups is 1. The normalized spacial score (nSPS) is 12.7. The molecule has 0 aliphatic rings. The van der Waals surface area contributed by atoms with E-state index in [-0.39, 0.29) is 48.4 Å². The van der Waals surface area contributed by atoms with Crippen molar-refractivity contribution in [1.82, 2.24) is 10.3 Å². The number of nitrogens with zero attached hydrogens (tertiary/aromatic N) is 1. The van der Waals surface area contributed by atoms with E-state index in [4.69, 9.17) is 14.9 Å². The van der Waals surface area contributed by atoms with Crippen LogP contribution < -0.4 is 5.32 Å². The van der Waals surface area contributed by atoms with Gasteiger partial charge in [0, 0.05) is 30.3 Å². The van der Waals surface area contributed by atoms with E-state index in [0.29, 0.717) is 0 Å². The van der Waals surface area contributed by atoms with E-state index < -0.39 is 32.4 Å². The minimum absolute atomic E-state index is 0.0563. The van der Waals surface area contributed by atoms with Crippen LogP contribution in [0.1, 0.15) is 36.1 Å². The lowest BCUT2D eigenvalue weighted by molar-refractivity contribution is -0.141. The number of hydrogen-bond donors (Lipinski definition) is 6. The second-order valence-corrected chi connectivity index (χ2v) is 6.76. The summed E-state index contributed by atoms with van der Waals surface area (Å²) < 4.78 is 15.2. The van der Waals surface area contributed by atoms with Gasteiger partial charge in [0.25, 0.3) is 0 Å². The number of aryl methyl sites for hydroxylation is 1. The molecular weight excluding hydrogens is 371 g/mol. The Labute approximate surface area is 148 Å². The summed E-state index contributed by atoms with van der Waals surface area (Å²) in [6.45, 7) is 0.839. The smallest absolute Gasteiger partial charge is 0.469 e. The van der Waals surface area contributed by atoms with Gasteiger partial charge in [-0.2, -0.15) is 0 Å². The van der Waals surface area contributed by atoms with E-state index in [9.17, 15) is 24.4 Å². The standard InChI is InChI=1S/C14H21N2O9P/c1-8-13(19)10(9(5-15-8)7-25-26(22,23)24)6-16-11(14(20)21)3-2-4-12(17)18/h5,11,16,19H,2-4,6-7H2,1H3,(H,17,18)(H,20,21)(H2,22,23,24)/t11-/m0/s1. The molecule has 6 N–H and O–H groups in total. The van der Waals surface area contributed by atoms with Crippen molar-refractivity contribution in [2.75, 3.05) is 0 Å². The molecule has 1 aromatic rings. The fourth-order valence-electron chi connectivity index (χ4n) is 2.16. The lowest BCUT2D eigenvalue weighted by atomic mass is 10.1. The predicted molar refractivity (Wildman–Crippen MR) is 87.2 cm³/mol. The Balaban J connectivity index is 2.88. The van der Waals surface area contributed by atoms with E-state index in [1.165, 1.54) is 13.1 Å². The summed E-state index contributed by atoms with van der Waals surface area (Å²) in [6.07, 6.45) is 1.30. The molecule has 1 heterocycles. The van der Waals surface area contributed by atoms with E-state index in [2.05, 4.69) is 14.8 Å². The van der Waals surface area contributed by atoms with Crippen LogP contribution in [0.3, 0.4) is 0 Å². The highest BCUT2D eigenvalue weighted by Crippen LogP contribution is 2.38. The fraction of sp³-hybridized carbons (Fsp3) is 0.500. The summed E-state index contributed by atoms with van der Waals surface area (Å²) in [5, 5.41) is 30.6. The molecule has 1 rings (SSSR count). The summed E-state index contributed by atoms with van der Waals surface area (Å²) in [4.78, 5) is 43.3. The van der Waals surface area contributed by atoms with Crippen LogP contribution in [-0.2, 0) is 31.8 Å². The monoisotopic (exact) mass is 392 g/mol. The van der Waals surface area contributed by atoms with Crippen LogP contribution in [-0.4, -0.2) is 48.1 Å². The number of rotatable bonds is 11. The first-order chi connectivity index (χ1) is 12.0. The predicted octanol–water partition coefficient (Wildman–Crippen LogP) is 0.503. The average molecular weight is 392 g/mol. The summed E-state index contributed by atoms with van der Waals surface area (Å²) in [5.41, 5.74) is 0.619. The first-order valence-electron chi connectivity index (χ1n) is 7.55. The van der Waals surface area contributed by atoms with Gasteiger partial charge in [-0.15, -0.1) is 0 Å². The second kappa shape index (κ2) is 9.60. The number of nitrogens with one attached hydrogen (secondary N) is 1. The summed E-state index contributed by atoms with van der Waals surface area (Å²) in [7, 11) is -4.74. The van der Waals surface area contributed by atoms with Gasteiger partial charge < -0.3 is 30.4 Å². The van der Waals surface area contributed by atoms with Crippen LogP contribution in [0.15, 0.2) is 6.20 Å². The van der Waals surface area contributed by atoms with E-state index in [1.54, 1.807) is 0 Å². The van der Waals surface area contributed by atoms with Crippen molar-refractivity contribution in [3.05, 3.63) is 23.0 Å². The van der Waals surface area contributed by atoms with Crippen LogP contribution in [0.4, 0.5) is 0 Å². The van der Waals surface area contributed by atoms with Crippen molar-refractivity contribution in [2.45, 2.75) is 45.4 Å². The number of phosphoric ester groups is 1. The van der Waals surface area contributed by atoms with Crippen LogP contribution in [0.25, 0.3) is 0 Å². The molecule has 0 bridgehead atoms. The van der Waals surface area contributed by atoms with Crippen molar-refractivity contribution >= 4 is 19.8 Å². The Morgan fingerprint density at radius 2 is 2.00 bits per heavy atom. The Morgan fingerprint density at radius 3 is 2.54 bits per heavy atom. The molecule has 0 aromatic carbocycles. The van der Waals surface area contributed by atoms with Crippen LogP contribution in [0.5, 0.6) is 5.75 Å². The highest BCUT2D eigenvalue weighted by Gasteiger charge is 2.21. The van der Waals surface area contributed by atoms with Gasteiger partial charge in [-0.05, 0) is 19.8 Å². The van der Waals surface area contributed by atoms with Crippen LogP contribution in [0.2, 0.25) is 0 Å². The largest absolute Gasteiger partial charge is 0.506 e. The van der Waals surface area contributed by atoms with Crippen molar-refractivity contribution in [1.29, 1.82) is 0 Å². The Hall–Kier alpha value is -2.04. The maximum Gasteiger partial charge on any atom is 0.469 e. The summed E-state index contributed by atoms with van der Waals surface area (Å²) in [5.74, 6) is -2.47. The van der Waals surface area contributed by atoms with Crippen LogP contribution in [0, 0.1) is 6.92 Å². The van der Waals surface area contributed by atoms with Crippen molar-refractivity contribution in [3.63, 3.8) is 0 Å². The number of carboxylic acids is 2. The van der Waals surface area contributed by atoms with Gasteiger partial charge in [-0.1, -0.05) is 0 Å². The first kappa shape index (κ1) is 22.0. The number of aliphatic carboxylic acids is 2. The van der Waals surface area contributed by atoms with Gasteiger partial charge in [0.15, 0.2) is 0 Å². The fourth-order valence-corrected chi connectivity index (χ4v) is 2.46. The van der Waals surface area contributed by atoms with E-state index in [1.807, 2.05) is 0 Å². The lowest BCUT2D eigenvalue weighted by Crippen LogP contribution is -2.36. The van der Waals surface area contributed by atoms with Crippen molar-refractivity contribution in [2.24, 2.45) is 0 Å². The minimum Gasteiger partial charge on any atom is -0.506 e. The average Bonchev–Trinajstić information content (AvgIpc) is 2.51. The number of pyridine rings is 1. The zero-order chi connectivity index (χ0) is 19.9. The highest BCUT2D eigenvalue weighted by atomic mass is 31.2. The molecule has 0 aliphatic carbocycles. The van der Waals surface area contributed by atoms with Gasteiger partial charge in [0.1, 0.15) is 11.8 Å². The molecule has 1 atom stereocenters. The Morgan fingerprint density at radius 1 is 1.35 bits per heavy atom. The third-order valence-corrected chi connectivity index (χ3v) is 3.99. The zero-order valence-electron chi connectivity index (χ0n) is 14.0. The SMILES string of the molecule is Cc1ncc(COP(=O)(O)O)c(CN[C@@H](CCCC(=O)O)C(=O)O)c1O. The molecule has 0 aliphatic heterocycles. The summed E-state index contributed by atoms with van der Waals surface area (Å²) >= 11 is 0. The quantitative estimate of drug-likeness (QED) is 0.288. The van der Waals surface area contributed by atoms with Gasteiger partial charge in [-0.3, -0.25) is 19.1 Å². The third kappa shape index (κ3) is 7.46. The van der Waals surface area contributed by atoms with Crippen molar-refractivity contribution < 1.29 is 43.8 Å². The molecule has 0 fully saturated rings. The number of carboxylic acid groups (broad SMARTS) is 2. The molecule has 0 saturated carbocycles. The lowest BCUT2D eigenvalue weighted by Gasteiger charge is -2.17. The number of hydrogen-bond acceptors (Lipinski definition) is 7. The van der Waals surface area contributed by atoms with Gasteiger partial charge in [0.2, 0.25) is 0 Å². The van der Waals surface area contributed by atoms with E-state index >= 15 is 0 Å². The molecule has 0 radical (unpaired) electrons. The molecule has 26 heavy (non-hydrogen) atoms. The Kier molecular flexibility index (Phi) is 8.12. The highest BCUT2D eigenvalue weighted by molar-refractivity contribution is 7.46. The maximum atomic E-state index is 11.3. The summed E-state index contributed by atoms with van der Waals surface area (Å²) in [6, 6.07) is -1.06. The zero-order valence-corrected chi connectivity index (χ0v) is 14.8. The van der Waals surface area contributed by atoms with Crippen LogP contribution >= 0.6 is 7.82 Å². The van der Waals surface area contributed by atoms with Gasteiger partial charge in [0.05, 0.1) is 12.3 Å². The van der Waals surface area contributed by atoms with Gasteiger partial charge in [-0.25, -0.2) is 4.57 Å². The van der Waals surface area contributed by atoms with E-state index in [0.717, 1.165) is 0 Å². The third-order valence-electron chi connectivity index (χ3n) is 3.53. The molecule has 146 valence electrons. The number of carbonyl (C=O) groups is 2. The molecule has 0 spiro atoms. The maximum absolute atomic E-state index is 11.3. The molecule has 11 nitrogen and oxygen atoms in total. The molecule has 0 amide bonds. The van der Waals surface area contributed by atoms with Crippen molar-refractivity contribution in [3.8, 4) is 5.75 Å². The Bertz CT molecular complexity index is 704. The molecule has 1 aromatic heterocycles. The number of phosphoric acid groups is 1. The first-order valence-corrected chi connectivity index (χ1v) is 9.08. The topological polar surface area (TPSA) is 187 Å². The van der Waals surface area contributed by atoms with Gasteiger partial charge >= 0.3 is 19.8 Å². The molecule has 0 saturated heterocycles.